The first kappa shape index (κ1) is 30.7. The number of hydrogen-bond acceptors (Lipinski definition) is 5. The zero-order valence-corrected chi connectivity index (χ0v) is 27.9. The highest BCUT2D eigenvalue weighted by Crippen LogP contribution is 2.45. The van der Waals surface area contributed by atoms with E-state index in [2.05, 4.69) is 92.0 Å². The number of carbonyl (C=O) groups is 2. The molecule has 2 aromatic rings. The van der Waals surface area contributed by atoms with E-state index in [9.17, 15) is 9.59 Å². The van der Waals surface area contributed by atoms with Gasteiger partial charge in [0.15, 0.2) is 16.6 Å². The van der Waals surface area contributed by atoms with E-state index in [1.54, 1.807) is 0 Å². The largest absolute Gasteiger partial charge is 0.448 e. The van der Waals surface area contributed by atoms with Crippen LogP contribution in [-0.2, 0) is 18.4 Å². The number of benzene rings is 2. The van der Waals surface area contributed by atoms with Crippen LogP contribution in [-0.4, -0.2) is 65.3 Å². The summed E-state index contributed by atoms with van der Waals surface area (Å²) >= 11 is 0. The summed E-state index contributed by atoms with van der Waals surface area (Å²) in [5.74, 6) is -0.0489. The van der Waals surface area contributed by atoms with Gasteiger partial charge in [-0.2, -0.15) is 0 Å². The van der Waals surface area contributed by atoms with Crippen molar-refractivity contribution in [3.8, 4) is 11.1 Å². The molecule has 0 N–H and O–H groups in total. The van der Waals surface area contributed by atoms with Crippen molar-refractivity contribution in [1.82, 2.24) is 4.90 Å². The molecule has 1 aliphatic carbocycles. The third-order valence-corrected chi connectivity index (χ3v) is 18.6. The van der Waals surface area contributed by atoms with Crippen molar-refractivity contribution in [3.05, 3.63) is 59.7 Å². The Bertz CT molecular complexity index is 1200. The van der Waals surface area contributed by atoms with Crippen LogP contribution in [0.15, 0.2) is 48.5 Å². The Labute approximate surface area is 242 Å². The third-order valence-electron chi connectivity index (χ3n) is 9.64. The summed E-state index contributed by atoms with van der Waals surface area (Å²) < 4.78 is 19.7. The van der Waals surface area contributed by atoms with E-state index in [0.717, 1.165) is 17.4 Å². The number of amides is 1. The lowest BCUT2D eigenvalue weighted by atomic mass is 9.98. The molecule has 0 radical (unpaired) electrons. The molecule has 2 aromatic carbocycles. The highest BCUT2D eigenvalue weighted by atomic mass is 28.4. The summed E-state index contributed by atoms with van der Waals surface area (Å²) in [5, 5.41) is -0.0818. The molecule has 1 saturated heterocycles. The fourth-order valence-corrected chi connectivity index (χ4v) is 7.81. The highest BCUT2D eigenvalue weighted by molar-refractivity contribution is 6.74. The van der Waals surface area contributed by atoms with Crippen LogP contribution in [0.25, 0.3) is 11.1 Å². The normalized spacial score (nSPS) is 21.8. The molecule has 3 atom stereocenters. The standard InChI is InChI=1S/C32H47NO5Si2/c1-31(2,3)39(7,8)37-28-19-33(27(20-34)29(28)38-40(9,10)32(4,5)6)30(35)36-21-26-24-17-13-11-15-22(24)23-16-12-14-18-25(23)26/h11-18,20,26-29H,19,21H2,1-10H3/t27-,28+,29-/m1/s1. The van der Waals surface area contributed by atoms with Crippen LogP contribution < -0.4 is 0 Å². The zero-order valence-electron chi connectivity index (χ0n) is 25.9. The van der Waals surface area contributed by atoms with E-state index in [1.165, 1.54) is 16.0 Å². The summed E-state index contributed by atoms with van der Waals surface area (Å²) in [6.07, 6.45) is -0.586. The zero-order chi connectivity index (χ0) is 29.7. The maximum absolute atomic E-state index is 13.7. The second-order valence-corrected chi connectivity index (χ2v) is 23.9. The maximum Gasteiger partial charge on any atom is 0.410 e. The first-order valence-corrected chi connectivity index (χ1v) is 20.2. The number of hydrogen-bond donors (Lipinski definition) is 0. The van der Waals surface area contributed by atoms with Crippen molar-refractivity contribution in [2.24, 2.45) is 0 Å². The van der Waals surface area contributed by atoms with Crippen LogP contribution in [0.5, 0.6) is 0 Å². The third kappa shape index (κ3) is 5.73. The summed E-state index contributed by atoms with van der Waals surface area (Å²) in [7, 11) is -4.49. The average molecular weight is 582 g/mol. The van der Waals surface area contributed by atoms with E-state index in [1.807, 2.05) is 24.3 Å². The predicted octanol–water partition coefficient (Wildman–Crippen LogP) is 7.60. The highest BCUT2D eigenvalue weighted by Gasteiger charge is 2.53. The fourth-order valence-electron chi connectivity index (χ4n) is 5.16. The van der Waals surface area contributed by atoms with Crippen LogP contribution in [0.3, 0.4) is 0 Å². The van der Waals surface area contributed by atoms with Crippen LogP contribution in [0.4, 0.5) is 4.79 Å². The topological polar surface area (TPSA) is 65.1 Å². The molecule has 1 aliphatic heterocycles. The van der Waals surface area contributed by atoms with Gasteiger partial charge in [0.25, 0.3) is 0 Å². The molecular weight excluding hydrogens is 535 g/mol. The van der Waals surface area contributed by atoms with Gasteiger partial charge in [0.05, 0.1) is 18.8 Å². The van der Waals surface area contributed by atoms with Gasteiger partial charge in [-0.1, -0.05) is 90.1 Å². The molecule has 2 aliphatic rings. The van der Waals surface area contributed by atoms with E-state index in [4.69, 9.17) is 13.6 Å². The summed E-state index contributed by atoms with van der Waals surface area (Å²) in [6, 6.07) is 15.8. The van der Waals surface area contributed by atoms with Crippen molar-refractivity contribution < 1.29 is 23.2 Å². The minimum atomic E-state index is -2.28. The van der Waals surface area contributed by atoms with Crippen molar-refractivity contribution in [2.75, 3.05) is 13.2 Å². The van der Waals surface area contributed by atoms with Crippen molar-refractivity contribution >= 4 is 29.0 Å². The van der Waals surface area contributed by atoms with Crippen LogP contribution >= 0.6 is 0 Å². The minimum absolute atomic E-state index is 0.0254. The van der Waals surface area contributed by atoms with E-state index in [0.29, 0.717) is 0 Å². The number of ether oxygens (including phenoxy) is 1. The number of fused-ring (bicyclic) bond motifs is 3. The molecule has 8 heteroatoms. The SMILES string of the molecule is CC(C)(C)[Si](C)(C)O[C@H]1[C@@H](O[Si](C)(C)C(C)(C)C)CN(C(=O)OCC2c3ccccc3-c3ccccc32)[C@@H]1C=O. The molecule has 6 nitrogen and oxygen atoms in total. The van der Waals surface area contributed by atoms with Crippen molar-refractivity contribution in [3.63, 3.8) is 0 Å². The number of aldehydes is 1. The molecular formula is C32H47NO5Si2. The molecule has 1 heterocycles. The van der Waals surface area contributed by atoms with Crippen LogP contribution in [0.1, 0.15) is 58.6 Å². The van der Waals surface area contributed by atoms with Gasteiger partial charge >= 0.3 is 6.09 Å². The molecule has 0 bridgehead atoms. The van der Waals surface area contributed by atoms with Crippen molar-refractivity contribution in [2.45, 2.75) is 102 Å². The summed E-state index contributed by atoms with van der Waals surface area (Å²) in [5.41, 5.74) is 4.67. The molecule has 0 saturated carbocycles. The van der Waals surface area contributed by atoms with Crippen LogP contribution in [0.2, 0.25) is 36.3 Å². The van der Waals surface area contributed by atoms with Gasteiger partial charge in [-0.3, -0.25) is 4.90 Å². The lowest BCUT2D eigenvalue weighted by molar-refractivity contribution is -0.113. The first-order chi connectivity index (χ1) is 18.5. The molecule has 40 heavy (non-hydrogen) atoms. The van der Waals surface area contributed by atoms with Gasteiger partial charge in [0, 0.05) is 5.92 Å². The maximum atomic E-state index is 13.7. The Balaban J connectivity index is 1.58. The van der Waals surface area contributed by atoms with E-state index >= 15 is 0 Å². The van der Waals surface area contributed by atoms with E-state index in [-0.39, 0.29) is 29.1 Å². The molecule has 218 valence electrons. The van der Waals surface area contributed by atoms with Gasteiger partial charge < -0.3 is 18.4 Å². The minimum Gasteiger partial charge on any atom is -0.448 e. The molecule has 1 amide bonds. The second kappa shape index (κ2) is 10.9. The molecule has 1 fully saturated rings. The smallest absolute Gasteiger partial charge is 0.410 e. The monoisotopic (exact) mass is 581 g/mol. The summed E-state index contributed by atoms with van der Waals surface area (Å²) in [4.78, 5) is 27.8. The molecule has 0 spiro atoms. The lowest BCUT2D eigenvalue weighted by Crippen LogP contribution is -2.53. The Morgan fingerprint density at radius 1 is 0.850 bits per heavy atom. The number of carbonyl (C=O) groups excluding carboxylic acids is 2. The summed E-state index contributed by atoms with van der Waals surface area (Å²) in [6.45, 7) is 22.3. The Morgan fingerprint density at radius 3 is 1.80 bits per heavy atom. The van der Waals surface area contributed by atoms with E-state index < -0.39 is 41.0 Å². The predicted molar refractivity (Wildman–Crippen MR) is 166 cm³/mol. The lowest BCUT2D eigenvalue weighted by Gasteiger charge is -2.43. The van der Waals surface area contributed by atoms with Gasteiger partial charge in [0.2, 0.25) is 0 Å². The van der Waals surface area contributed by atoms with Gasteiger partial charge in [-0.25, -0.2) is 4.79 Å². The van der Waals surface area contributed by atoms with Gasteiger partial charge in [-0.15, -0.1) is 0 Å². The Kier molecular flexibility index (Phi) is 8.33. The van der Waals surface area contributed by atoms with Crippen molar-refractivity contribution in [1.29, 1.82) is 0 Å². The number of likely N-dealkylation sites (tertiary alicyclic amines) is 1. The quantitative estimate of drug-likeness (QED) is 0.249. The van der Waals surface area contributed by atoms with Gasteiger partial charge in [0.1, 0.15) is 18.9 Å². The molecule has 0 aromatic heterocycles. The number of nitrogens with zero attached hydrogens (tertiary/aromatic N) is 1. The first-order valence-electron chi connectivity index (χ1n) is 14.4. The molecule has 4 rings (SSSR count). The average Bonchev–Trinajstić information content (AvgIpc) is 3.35. The Morgan fingerprint density at radius 2 is 1.32 bits per heavy atom. The number of rotatable bonds is 7. The van der Waals surface area contributed by atoms with Gasteiger partial charge in [-0.05, 0) is 58.5 Å². The fraction of sp³-hybridized carbons (Fsp3) is 0.562. The Hall–Kier alpha value is -2.27. The second-order valence-electron chi connectivity index (χ2n) is 14.3. The molecule has 0 unspecified atom stereocenters. The van der Waals surface area contributed by atoms with Crippen LogP contribution in [0, 0.1) is 0 Å².